The normalized spacial score (nSPS) is 18.1. The minimum atomic E-state index is -0.782. The maximum absolute atomic E-state index is 12.1. The monoisotopic (exact) mass is 275 g/mol. The Bertz CT molecular complexity index is 520. The van der Waals surface area contributed by atoms with Gasteiger partial charge in [0.1, 0.15) is 11.8 Å². The smallest absolute Gasteiger partial charge is 0.268 e. The second kappa shape index (κ2) is 6.10. The van der Waals surface area contributed by atoms with Gasteiger partial charge in [0.15, 0.2) is 0 Å². The Kier molecular flexibility index (Phi) is 4.46. The van der Waals surface area contributed by atoms with Crippen LogP contribution in [0, 0.1) is 11.3 Å². The molecule has 0 spiro atoms. The van der Waals surface area contributed by atoms with Crippen molar-refractivity contribution in [2.45, 2.75) is 44.1 Å². The van der Waals surface area contributed by atoms with Crippen molar-refractivity contribution in [3.05, 3.63) is 23.5 Å². The Morgan fingerprint density at radius 1 is 1.45 bits per heavy atom. The summed E-state index contributed by atoms with van der Waals surface area (Å²) >= 11 is 0. The Labute approximate surface area is 119 Å². The van der Waals surface area contributed by atoms with E-state index in [-0.39, 0.29) is 12.5 Å². The van der Waals surface area contributed by atoms with E-state index in [0.29, 0.717) is 11.3 Å². The Hall–Kier alpha value is -1.80. The van der Waals surface area contributed by atoms with Crippen molar-refractivity contribution in [2.24, 2.45) is 7.05 Å². The van der Waals surface area contributed by atoms with Crippen molar-refractivity contribution in [3.63, 3.8) is 0 Å². The van der Waals surface area contributed by atoms with Crippen LogP contribution in [0.5, 0.6) is 0 Å². The highest BCUT2D eigenvalue weighted by atomic mass is 16.3. The molecule has 0 atom stereocenters. The number of hydrogen-bond acceptors (Lipinski definition) is 3. The van der Waals surface area contributed by atoms with Gasteiger partial charge in [0.2, 0.25) is 0 Å². The molecule has 1 aromatic heterocycles. The zero-order valence-corrected chi connectivity index (χ0v) is 11.9. The molecule has 0 bridgehead atoms. The number of aliphatic hydroxyl groups is 1. The lowest BCUT2D eigenvalue weighted by Gasteiger charge is -2.26. The molecular weight excluding hydrogens is 254 g/mol. The number of nitriles is 1. The largest absolute Gasteiger partial charge is 0.388 e. The molecule has 1 amide bonds. The molecule has 0 aliphatic heterocycles. The lowest BCUT2D eigenvalue weighted by molar-refractivity contribution is 0.0245. The molecule has 0 saturated heterocycles. The van der Waals surface area contributed by atoms with Crippen molar-refractivity contribution in [1.82, 2.24) is 9.88 Å². The van der Waals surface area contributed by atoms with Gasteiger partial charge in [-0.05, 0) is 18.9 Å². The summed E-state index contributed by atoms with van der Waals surface area (Å²) in [5.41, 5.74) is 0.125. The molecule has 2 N–H and O–H groups in total. The van der Waals surface area contributed by atoms with E-state index in [1.807, 2.05) is 6.07 Å². The quantitative estimate of drug-likeness (QED) is 0.824. The van der Waals surface area contributed by atoms with Crippen LogP contribution in [-0.4, -0.2) is 27.7 Å². The van der Waals surface area contributed by atoms with Crippen molar-refractivity contribution in [2.75, 3.05) is 6.54 Å². The summed E-state index contributed by atoms with van der Waals surface area (Å²) in [5.74, 6) is -0.244. The second-order valence-corrected chi connectivity index (χ2v) is 5.66. The third-order valence-electron chi connectivity index (χ3n) is 3.98. The molecule has 0 unspecified atom stereocenters. The van der Waals surface area contributed by atoms with E-state index in [0.717, 1.165) is 38.5 Å². The average Bonchev–Trinajstić information content (AvgIpc) is 2.67. The van der Waals surface area contributed by atoms with Crippen LogP contribution in [0.3, 0.4) is 0 Å². The fraction of sp³-hybridized carbons (Fsp3) is 0.600. The number of nitrogens with one attached hydrogen (secondary N) is 1. The molecule has 1 saturated carbocycles. The van der Waals surface area contributed by atoms with Gasteiger partial charge in [-0.3, -0.25) is 4.79 Å². The number of aryl methyl sites for hydroxylation is 1. The maximum atomic E-state index is 12.1. The fourth-order valence-corrected chi connectivity index (χ4v) is 2.75. The van der Waals surface area contributed by atoms with Gasteiger partial charge in [-0.15, -0.1) is 0 Å². The summed E-state index contributed by atoms with van der Waals surface area (Å²) in [6, 6.07) is 3.58. The zero-order chi connectivity index (χ0) is 14.6. The van der Waals surface area contributed by atoms with E-state index in [2.05, 4.69) is 5.32 Å². The number of carbonyl (C=O) groups excluding carboxylic acids is 1. The van der Waals surface area contributed by atoms with E-state index in [9.17, 15) is 9.90 Å². The standard InChI is InChI=1S/C15H21N3O2/c1-18-10-12(9-16)8-13(18)14(19)17-11-15(20)6-4-2-3-5-7-15/h8,10,20H,2-7,11H2,1H3,(H,17,19). The van der Waals surface area contributed by atoms with Crippen LogP contribution in [0.25, 0.3) is 0 Å². The third-order valence-corrected chi connectivity index (χ3v) is 3.98. The molecule has 20 heavy (non-hydrogen) atoms. The second-order valence-electron chi connectivity index (χ2n) is 5.66. The molecule has 0 radical (unpaired) electrons. The third kappa shape index (κ3) is 3.40. The molecule has 1 aliphatic carbocycles. The molecule has 5 heteroatoms. The van der Waals surface area contributed by atoms with E-state index in [4.69, 9.17) is 5.26 Å². The lowest BCUT2D eigenvalue weighted by atomic mass is 9.94. The van der Waals surface area contributed by atoms with Crippen molar-refractivity contribution in [1.29, 1.82) is 5.26 Å². The first-order chi connectivity index (χ1) is 9.54. The Morgan fingerprint density at radius 2 is 2.10 bits per heavy atom. The first-order valence-electron chi connectivity index (χ1n) is 7.11. The topological polar surface area (TPSA) is 78.0 Å². The first kappa shape index (κ1) is 14.6. The van der Waals surface area contributed by atoms with Gasteiger partial charge in [0.25, 0.3) is 5.91 Å². The van der Waals surface area contributed by atoms with Crippen LogP contribution in [0.15, 0.2) is 12.3 Å². The summed E-state index contributed by atoms with van der Waals surface area (Å²) in [5, 5.41) is 22.1. The van der Waals surface area contributed by atoms with Crippen LogP contribution in [0.1, 0.15) is 54.6 Å². The van der Waals surface area contributed by atoms with E-state index in [1.54, 1.807) is 23.9 Å². The van der Waals surface area contributed by atoms with Crippen LogP contribution in [-0.2, 0) is 7.05 Å². The number of rotatable bonds is 3. The molecule has 2 rings (SSSR count). The predicted octanol–water partition coefficient (Wildman–Crippen LogP) is 1.71. The van der Waals surface area contributed by atoms with Gasteiger partial charge in [-0.1, -0.05) is 25.7 Å². The SMILES string of the molecule is Cn1cc(C#N)cc1C(=O)NCC1(O)CCCCCC1. The summed E-state index contributed by atoms with van der Waals surface area (Å²) in [7, 11) is 1.73. The molecule has 0 aromatic carbocycles. The van der Waals surface area contributed by atoms with Crippen molar-refractivity contribution < 1.29 is 9.90 Å². The lowest BCUT2D eigenvalue weighted by Crippen LogP contribution is -2.42. The average molecular weight is 275 g/mol. The highest BCUT2D eigenvalue weighted by Gasteiger charge is 2.28. The van der Waals surface area contributed by atoms with Gasteiger partial charge in [-0.2, -0.15) is 5.26 Å². The molecule has 1 heterocycles. The zero-order valence-electron chi connectivity index (χ0n) is 11.9. The minimum absolute atomic E-state index is 0.244. The van der Waals surface area contributed by atoms with Gasteiger partial charge in [0, 0.05) is 19.8 Å². The van der Waals surface area contributed by atoms with Gasteiger partial charge in [0.05, 0.1) is 11.2 Å². The molecule has 1 fully saturated rings. The summed E-state index contributed by atoms with van der Waals surface area (Å²) < 4.78 is 1.63. The van der Waals surface area contributed by atoms with E-state index in [1.165, 1.54) is 0 Å². The number of aromatic nitrogens is 1. The highest BCUT2D eigenvalue weighted by Crippen LogP contribution is 2.26. The predicted molar refractivity (Wildman–Crippen MR) is 75.1 cm³/mol. The van der Waals surface area contributed by atoms with Crippen LogP contribution >= 0.6 is 0 Å². The van der Waals surface area contributed by atoms with Gasteiger partial charge < -0.3 is 15.0 Å². The van der Waals surface area contributed by atoms with Gasteiger partial charge in [-0.25, -0.2) is 0 Å². The van der Waals surface area contributed by atoms with E-state index >= 15 is 0 Å². The van der Waals surface area contributed by atoms with Crippen molar-refractivity contribution >= 4 is 5.91 Å². The number of carbonyl (C=O) groups is 1. The summed E-state index contributed by atoms with van der Waals surface area (Å²) in [4.78, 5) is 12.1. The molecule has 108 valence electrons. The van der Waals surface area contributed by atoms with Crippen molar-refractivity contribution in [3.8, 4) is 6.07 Å². The molecule has 1 aromatic rings. The summed E-state index contributed by atoms with van der Waals surface area (Å²) in [6.45, 7) is 0.277. The molecular formula is C15H21N3O2. The van der Waals surface area contributed by atoms with E-state index < -0.39 is 5.60 Å². The number of hydrogen-bond donors (Lipinski definition) is 2. The van der Waals surface area contributed by atoms with Crippen LogP contribution in [0.4, 0.5) is 0 Å². The minimum Gasteiger partial charge on any atom is -0.388 e. The van der Waals surface area contributed by atoms with Crippen LogP contribution in [0.2, 0.25) is 0 Å². The summed E-state index contributed by atoms with van der Waals surface area (Å²) in [6.07, 6.45) is 7.42. The Morgan fingerprint density at radius 3 is 2.65 bits per heavy atom. The maximum Gasteiger partial charge on any atom is 0.268 e. The molecule has 1 aliphatic rings. The Balaban J connectivity index is 1.97. The molecule has 5 nitrogen and oxygen atoms in total. The first-order valence-corrected chi connectivity index (χ1v) is 7.11. The van der Waals surface area contributed by atoms with Gasteiger partial charge >= 0.3 is 0 Å². The van der Waals surface area contributed by atoms with Crippen LogP contribution < -0.4 is 5.32 Å². The number of nitrogens with zero attached hydrogens (tertiary/aromatic N) is 2. The fourth-order valence-electron chi connectivity index (χ4n) is 2.75. The number of amides is 1. The highest BCUT2D eigenvalue weighted by molar-refractivity contribution is 5.93.